The minimum atomic E-state index is -0.744. The molecule has 0 amide bonds. The molecule has 0 saturated carbocycles. The lowest BCUT2D eigenvalue weighted by Gasteiger charge is -2.27. The minimum Gasteiger partial charge on any atom is -0.481 e. The van der Waals surface area contributed by atoms with Gasteiger partial charge in [0.05, 0.1) is 5.92 Å². The van der Waals surface area contributed by atoms with E-state index in [4.69, 9.17) is 5.11 Å². The lowest BCUT2D eigenvalue weighted by atomic mass is 10.0. The molecule has 16 heavy (non-hydrogen) atoms. The quantitative estimate of drug-likeness (QED) is 0.909. The number of aliphatic carboxylic acids is 1. The fraction of sp³-hybridized carbons (Fsp3) is 0.545. The van der Waals surface area contributed by atoms with Gasteiger partial charge in [0.25, 0.3) is 0 Å². The van der Waals surface area contributed by atoms with Gasteiger partial charge in [-0.15, -0.1) is 11.3 Å². The van der Waals surface area contributed by atoms with Crippen molar-refractivity contribution in [2.75, 3.05) is 7.05 Å². The highest BCUT2D eigenvalue weighted by atomic mass is 79.9. The minimum absolute atomic E-state index is 0.0263. The van der Waals surface area contributed by atoms with E-state index in [0.717, 1.165) is 11.0 Å². The maximum atomic E-state index is 10.9. The summed E-state index contributed by atoms with van der Waals surface area (Å²) in [6.07, 6.45) is 0. The van der Waals surface area contributed by atoms with Crippen LogP contribution in [0.1, 0.15) is 18.7 Å². The zero-order valence-electron chi connectivity index (χ0n) is 9.61. The van der Waals surface area contributed by atoms with Crippen molar-refractivity contribution in [3.63, 3.8) is 0 Å². The molecule has 0 fully saturated rings. The van der Waals surface area contributed by atoms with Crippen molar-refractivity contribution >= 4 is 33.2 Å². The molecular weight excluding hydrogens is 290 g/mol. The van der Waals surface area contributed by atoms with Crippen LogP contribution < -0.4 is 0 Å². The SMILES string of the molecule is CC(C(=O)O)C(C)N(C)Cc1cc(Br)cs1. The molecule has 0 radical (unpaired) electrons. The van der Waals surface area contributed by atoms with Gasteiger partial charge in [0, 0.05) is 27.3 Å². The zero-order valence-corrected chi connectivity index (χ0v) is 12.0. The van der Waals surface area contributed by atoms with E-state index in [1.165, 1.54) is 4.88 Å². The number of thiophene rings is 1. The van der Waals surface area contributed by atoms with Crippen molar-refractivity contribution in [3.05, 3.63) is 20.8 Å². The van der Waals surface area contributed by atoms with E-state index in [-0.39, 0.29) is 12.0 Å². The molecule has 1 rings (SSSR count). The van der Waals surface area contributed by atoms with Gasteiger partial charge in [-0.25, -0.2) is 0 Å². The molecule has 0 aromatic carbocycles. The number of carbonyl (C=O) groups is 1. The van der Waals surface area contributed by atoms with E-state index in [0.29, 0.717) is 0 Å². The van der Waals surface area contributed by atoms with Crippen LogP contribution in [0.15, 0.2) is 15.9 Å². The molecule has 2 atom stereocenters. The Bertz CT molecular complexity index is 367. The lowest BCUT2D eigenvalue weighted by Crippen LogP contribution is -2.37. The molecule has 0 aliphatic carbocycles. The first-order chi connectivity index (χ1) is 7.41. The monoisotopic (exact) mass is 305 g/mol. The number of carboxylic acid groups (broad SMARTS) is 1. The average molecular weight is 306 g/mol. The highest BCUT2D eigenvalue weighted by Crippen LogP contribution is 2.22. The number of rotatable bonds is 5. The van der Waals surface area contributed by atoms with Crippen LogP contribution in [0.25, 0.3) is 0 Å². The summed E-state index contributed by atoms with van der Waals surface area (Å²) in [5.41, 5.74) is 0. The highest BCUT2D eigenvalue weighted by molar-refractivity contribution is 9.10. The first-order valence-electron chi connectivity index (χ1n) is 5.07. The first kappa shape index (κ1) is 13.7. The van der Waals surface area contributed by atoms with Gasteiger partial charge in [-0.1, -0.05) is 6.92 Å². The smallest absolute Gasteiger partial charge is 0.307 e. The van der Waals surface area contributed by atoms with Crippen LogP contribution >= 0.6 is 27.3 Å². The molecule has 5 heteroatoms. The van der Waals surface area contributed by atoms with Gasteiger partial charge >= 0.3 is 5.97 Å². The lowest BCUT2D eigenvalue weighted by molar-refractivity contribution is -0.143. The molecule has 0 saturated heterocycles. The molecule has 1 heterocycles. The molecule has 90 valence electrons. The molecule has 0 aliphatic heterocycles. The largest absolute Gasteiger partial charge is 0.481 e. The number of nitrogens with zero attached hydrogens (tertiary/aromatic N) is 1. The van der Waals surface area contributed by atoms with E-state index >= 15 is 0 Å². The maximum absolute atomic E-state index is 10.9. The Labute approximate surface area is 108 Å². The third kappa shape index (κ3) is 3.57. The van der Waals surface area contributed by atoms with Crippen LogP contribution in [0.3, 0.4) is 0 Å². The summed E-state index contributed by atoms with van der Waals surface area (Å²) in [5, 5.41) is 11.0. The Kier molecular flexibility index (Phi) is 4.95. The predicted octanol–water partition coefficient (Wildman–Crippen LogP) is 3.05. The van der Waals surface area contributed by atoms with Gasteiger partial charge < -0.3 is 5.11 Å². The van der Waals surface area contributed by atoms with Gasteiger partial charge in [-0.05, 0) is 36.0 Å². The van der Waals surface area contributed by atoms with Gasteiger partial charge in [0.1, 0.15) is 0 Å². The van der Waals surface area contributed by atoms with Crippen molar-refractivity contribution in [2.45, 2.75) is 26.4 Å². The Hall–Kier alpha value is -0.390. The summed E-state index contributed by atoms with van der Waals surface area (Å²) in [7, 11) is 1.96. The summed E-state index contributed by atoms with van der Waals surface area (Å²) >= 11 is 5.09. The van der Waals surface area contributed by atoms with Gasteiger partial charge in [-0.2, -0.15) is 0 Å². The van der Waals surface area contributed by atoms with E-state index < -0.39 is 5.97 Å². The van der Waals surface area contributed by atoms with Crippen LogP contribution in [-0.2, 0) is 11.3 Å². The van der Waals surface area contributed by atoms with E-state index in [2.05, 4.69) is 26.9 Å². The second kappa shape index (κ2) is 5.80. The van der Waals surface area contributed by atoms with E-state index in [9.17, 15) is 4.79 Å². The average Bonchev–Trinajstić information content (AvgIpc) is 2.61. The van der Waals surface area contributed by atoms with Crippen molar-refractivity contribution in [1.29, 1.82) is 0 Å². The molecule has 2 unspecified atom stereocenters. The van der Waals surface area contributed by atoms with Gasteiger partial charge in [-0.3, -0.25) is 9.69 Å². The van der Waals surface area contributed by atoms with Gasteiger partial charge in [0.15, 0.2) is 0 Å². The summed E-state index contributed by atoms with van der Waals surface area (Å²) in [6, 6.07) is 2.10. The highest BCUT2D eigenvalue weighted by Gasteiger charge is 2.23. The summed E-state index contributed by atoms with van der Waals surface area (Å²) in [6.45, 7) is 4.48. The summed E-state index contributed by atoms with van der Waals surface area (Å²) in [5.74, 6) is -1.10. The predicted molar refractivity (Wildman–Crippen MR) is 69.7 cm³/mol. The second-order valence-electron chi connectivity index (χ2n) is 4.01. The Morgan fingerprint density at radius 2 is 2.25 bits per heavy atom. The zero-order chi connectivity index (χ0) is 12.3. The molecule has 1 aromatic heterocycles. The van der Waals surface area contributed by atoms with Crippen LogP contribution in [0.4, 0.5) is 0 Å². The Morgan fingerprint density at radius 1 is 1.62 bits per heavy atom. The molecular formula is C11H16BrNO2S. The number of carboxylic acids is 1. The normalized spacial score (nSPS) is 15.1. The molecule has 3 nitrogen and oxygen atoms in total. The standard InChI is InChI=1S/C11H16BrNO2S/c1-7(11(14)15)8(2)13(3)5-10-4-9(12)6-16-10/h4,6-8H,5H2,1-3H3,(H,14,15). The fourth-order valence-corrected chi connectivity index (χ4v) is 2.93. The van der Waals surface area contributed by atoms with E-state index in [1.807, 2.05) is 19.4 Å². The van der Waals surface area contributed by atoms with Crippen LogP contribution in [0.2, 0.25) is 0 Å². The number of hydrogen-bond acceptors (Lipinski definition) is 3. The number of hydrogen-bond donors (Lipinski definition) is 1. The Morgan fingerprint density at radius 3 is 2.69 bits per heavy atom. The first-order valence-corrected chi connectivity index (χ1v) is 6.75. The maximum Gasteiger partial charge on any atom is 0.307 e. The topological polar surface area (TPSA) is 40.5 Å². The summed E-state index contributed by atoms with van der Waals surface area (Å²) < 4.78 is 1.08. The third-order valence-corrected chi connectivity index (χ3v) is 4.52. The van der Waals surface area contributed by atoms with Crippen molar-refractivity contribution < 1.29 is 9.90 Å². The van der Waals surface area contributed by atoms with Crippen molar-refractivity contribution in [2.24, 2.45) is 5.92 Å². The molecule has 0 bridgehead atoms. The second-order valence-corrected chi connectivity index (χ2v) is 5.93. The van der Waals surface area contributed by atoms with Crippen molar-refractivity contribution in [3.8, 4) is 0 Å². The van der Waals surface area contributed by atoms with Crippen molar-refractivity contribution in [1.82, 2.24) is 4.90 Å². The molecule has 1 N–H and O–H groups in total. The molecule has 0 aliphatic rings. The fourth-order valence-electron chi connectivity index (χ4n) is 1.41. The number of halogens is 1. The molecule has 1 aromatic rings. The van der Waals surface area contributed by atoms with Crippen LogP contribution in [-0.4, -0.2) is 29.1 Å². The van der Waals surface area contributed by atoms with Gasteiger partial charge in [0.2, 0.25) is 0 Å². The third-order valence-electron chi connectivity index (χ3n) is 2.84. The van der Waals surface area contributed by atoms with E-state index in [1.54, 1.807) is 18.3 Å². The summed E-state index contributed by atoms with van der Waals surface area (Å²) in [4.78, 5) is 14.2. The van der Waals surface area contributed by atoms with Crippen LogP contribution in [0.5, 0.6) is 0 Å². The van der Waals surface area contributed by atoms with Crippen LogP contribution in [0, 0.1) is 5.92 Å². The Balaban J connectivity index is 2.58. The molecule has 0 spiro atoms.